The number of nitrogens with one attached hydrogen (secondary N) is 3. The van der Waals surface area contributed by atoms with Crippen LogP contribution >= 0.6 is 0 Å². The van der Waals surface area contributed by atoms with Crippen LogP contribution in [0.15, 0.2) is 112 Å². The third-order valence-corrected chi connectivity index (χ3v) is 9.63. The maximum absolute atomic E-state index is 13.2. The van der Waals surface area contributed by atoms with Crippen molar-refractivity contribution in [3.05, 3.63) is 108 Å². The van der Waals surface area contributed by atoms with Crippen LogP contribution in [0.4, 0.5) is 16.2 Å². The van der Waals surface area contributed by atoms with Crippen LogP contribution in [0.1, 0.15) is 11.1 Å². The second-order valence-electron chi connectivity index (χ2n) is 8.85. The van der Waals surface area contributed by atoms with Crippen molar-refractivity contribution in [1.29, 1.82) is 0 Å². The molecule has 0 saturated carbocycles. The molecule has 14 heteroatoms. The van der Waals surface area contributed by atoms with Gasteiger partial charge in [0.1, 0.15) is 15.5 Å². The number of anilines is 2. The van der Waals surface area contributed by atoms with Gasteiger partial charge in [-0.05, 0) is 62.4 Å². The molecule has 214 valence electrons. The first-order valence-corrected chi connectivity index (χ1v) is 16.3. The molecular formula is C27H25N3O8S3. The van der Waals surface area contributed by atoms with Crippen LogP contribution < -0.4 is 18.9 Å². The lowest BCUT2D eigenvalue weighted by molar-refractivity contribution is 0.256. The Morgan fingerprint density at radius 3 is 1.88 bits per heavy atom. The Morgan fingerprint density at radius 1 is 0.659 bits per heavy atom. The number of hydrogen-bond donors (Lipinski definition) is 3. The topological polar surface area (TPSA) is 165 Å². The lowest BCUT2D eigenvalue weighted by Gasteiger charge is -2.14. The summed E-state index contributed by atoms with van der Waals surface area (Å²) in [6.45, 7) is 3.58. The van der Waals surface area contributed by atoms with E-state index in [-0.39, 0.29) is 31.8 Å². The molecule has 0 radical (unpaired) electrons. The number of para-hydroxylation sites is 1. The van der Waals surface area contributed by atoms with Crippen LogP contribution in [0.25, 0.3) is 0 Å². The van der Waals surface area contributed by atoms with Gasteiger partial charge in [0.05, 0.1) is 16.3 Å². The molecule has 0 bridgehead atoms. The van der Waals surface area contributed by atoms with E-state index in [9.17, 15) is 30.0 Å². The van der Waals surface area contributed by atoms with Crippen LogP contribution in [0.2, 0.25) is 0 Å². The summed E-state index contributed by atoms with van der Waals surface area (Å²) in [4.78, 5) is 11.9. The quantitative estimate of drug-likeness (QED) is 0.233. The standard InChI is InChI=1S/C27H25N3O8S3/c1-19-10-14-23(15-11-19)39(32,33)30-27(31)28-25-8-3-4-9-26(25)40(34,35)29-21-6-5-7-22(18-21)38-41(36,37)24-16-12-20(2)13-17-24/h3-18,29H,1-2H3,(H2,28,30,31). The van der Waals surface area contributed by atoms with Crippen molar-refractivity contribution in [2.45, 2.75) is 28.5 Å². The molecule has 4 aromatic rings. The predicted molar refractivity (Wildman–Crippen MR) is 153 cm³/mol. The van der Waals surface area contributed by atoms with Gasteiger partial charge in [0.15, 0.2) is 0 Å². The van der Waals surface area contributed by atoms with Gasteiger partial charge >= 0.3 is 16.1 Å². The second-order valence-corrected chi connectivity index (χ2v) is 13.7. The number of hydrogen-bond acceptors (Lipinski definition) is 8. The van der Waals surface area contributed by atoms with Crippen LogP contribution in [0.3, 0.4) is 0 Å². The Balaban J connectivity index is 1.51. The number of amides is 2. The van der Waals surface area contributed by atoms with E-state index in [2.05, 4.69) is 10.0 Å². The monoisotopic (exact) mass is 615 g/mol. The zero-order valence-electron chi connectivity index (χ0n) is 21.7. The van der Waals surface area contributed by atoms with Crippen LogP contribution in [0, 0.1) is 13.8 Å². The van der Waals surface area contributed by atoms with E-state index in [1.165, 1.54) is 72.8 Å². The summed E-state index contributed by atoms with van der Waals surface area (Å²) in [6.07, 6.45) is 0. The Labute approximate surface area is 238 Å². The molecule has 3 N–H and O–H groups in total. The number of rotatable bonds is 9. The van der Waals surface area contributed by atoms with Gasteiger partial charge in [0.2, 0.25) is 0 Å². The third kappa shape index (κ3) is 7.42. The Bertz CT molecular complexity index is 1910. The first-order valence-electron chi connectivity index (χ1n) is 11.9. The Hall–Kier alpha value is -4.40. The van der Waals surface area contributed by atoms with Gasteiger partial charge in [-0.1, -0.05) is 53.6 Å². The van der Waals surface area contributed by atoms with Crippen molar-refractivity contribution >= 4 is 47.6 Å². The van der Waals surface area contributed by atoms with E-state index in [1.807, 2.05) is 4.72 Å². The van der Waals surface area contributed by atoms with Crippen LogP contribution in [-0.4, -0.2) is 31.3 Å². The molecular weight excluding hydrogens is 591 g/mol. The average molecular weight is 616 g/mol. The van der Waals surface area contributed by atoms with E-state index in [0.717, 1.165) is 11.1 Å². The van der Waals surface area contributed by atoms with E-state index in [4.69, 9.17) is 4.18 Å². The fourth-order valence-corrected chi connectivity index (χ4v) is 6.60. The fraction of sp³-hybridized carbons (Fsp3) is 0.0741. The highest BCUT2D eigenvalue weighted by Crippen LogP contribution is 2.27. The summed E-state index contributed by atoms with van der Waals surface area (Å²) < 4.78 is 86.1. The van der Waals surface area contributed by atoms with Crippen molar-refractivity contribution in [2.24, 2.45) is 0 Å². The maximum atomic E-state index is 13.2. The Kier molecular flexibility index (Phi) is 8.37. The maximum Gasteiger partial charge on any atom is 0.339 e. The smallest absolute Gasteiger partial charge is 0.339 e. The van der Waals surface area contributed by atoms with Crippen molar-refractivity contribution in [3.63, 3.8) is 0 Å². The molecule has 0 saturated heterocycles. The molecule has 2 amide bonds. The van der Waals surface area contributed by atoms with Gasteiger partial charge in [-0.15, -0.1) is 0 Å². The van der Waals surface area contributed by atoms with E-state index >= 15 is 0 Å². The van der Waals surface area contributed by atoms with Crippen molar-refractivity contribution in [2.75, 3.05) is 10.0 Å². The van der Waals surface area contributed by atoms with E-state index in [1.54, 1.807) is 38.1 Å². The Morgan fingerprint density at radius 2 is 1.24 bits per heavy atom. The minimum absolute atomic E-state index is 0.0252. The molecule has 0 unspecified atom stereocenters. The van der Waals surface area contributed by atoms with Crippen molar-refractivity contribution < 1.29 is 34.2 Å². The largest absolute Gasteiger partial charge is 0.379 e. The molecule has 0 spiro atoms. The summed E-state index contributed by atoms with van der Waals surface area (Å²) in [6, 6.07) is 21.3. The highest BCUT2D eigenvalue weighted by atomic mass is 32.2. The van der Waals surface area contributed by atoms with Crippen molar-refractivity contribution in [1.82, 2.24) is 4.72 Å². The van der Waals surface area contributed by atoms with Gasteiger partial charge in [0.25, 0.3) is 20.0 Å². The first-order chi connectivity index (χ1) is 19.2. The normalized spacial score (nSPS) is 11.9. The number of urea groups is 1. The molecule has 0 aromatic heterocycles. The van der Waals surface area contributed by atoms with Gasteiger partial charge in [-0.2, -0.15) is 8.42 Å². The SMILES string of the molecule is Cc1ccc(S(=O)(=O)NC(=O)Nc2ccccc2S(=O)(=O)Nc2cccc(OS(=O)(=O)c3ccc(C)cc3)c2)cc1. The van der Waals surface area contributed by atoms with Gasteiger partial charge < -0.3 is 9.50 Å². The number of carbonyl (C=O) groups excluding carboxylic acids is 1. The minimum Gasteiger partial charge on any atom is -0.379 e. The molecule has 4 aromatic carbocycles. The molecule has 0 aliphatic rings. The first kappa shape index (κ1) is 29.6. The van der Waals surface area contributed by atoms with Crippen LogP contribution in [-0.2, 0) is 30.2 Å². The summed E-state index contributed by atoms with van der Waals surface area (Å²) in [5, 5.41) is 2.25. The molecule has 11 nitrogen and oxygen atoms in total. The van der Waals surface area contributed by atoms with Gasteiger partial charge in [0, 0.05) is 6.07 Å². The van der Waals surface area contributed by atoms with E-state index < -0.39 is 36.2 Å². The highest BCUT2D eigenvalue weighted by Gasteiger charge is 2.23. The second kappa shape index (κ2) is 11.6. The third-order valence-electron chi connectivity index (χ3n) is 5.58. The average Bonchev–Trinajstić information content (AvgIpc) is 2.89. The number of aryl methyl sites for hydroxylation is 2. The summed E-state index contributed by atoms with van der Waals surface area (Å²) in [5.41, 5.74) is 1.46. The van der Waals surface area contributed by atoms with Gasteiger partial charge in [-0.25, -0.2) is 26.4 Å². The molecule has 0 heterocycles. The lowest BCUT2D eigenvalue weighted by Crippen LogP contribution is -2.34. The fourth-order valence-electron chi connectivity index (χ4n) is 3.55. The molecule has 0 fully saturated rings. The predicted octanol–water partition coefficient (Wildman–Crippen LogP) is 4.38. The number of carbonyl (C=O) groups is 1. The van der Waals surface area contributed by atoms with Gasteiger partial charge in [-0.3, -0.25) is 4.72 Å². The molecule has 0 atom stereocenters. The summed E-state index contributed by atoms with van der Waals surface area (Å²) in [7, 11) is -12.8. The zero-order chi connectivity index (χ0) is 29.8. The molecule has 4 rings (SSSR count). The summed E-state index contributed by atoms with van der Waals surface area (Å²) >= 11 is 0. The number of benzene rings is 4. The highest BCUT2D eigenvalue weighted by molar-refractivity contribution is 7.93. The molecule has 0 aliphatic carbocycles. The number of sulfonamides is 2. The summed E-state index contributed by atoms with van der Waals surface area (Å²) in [5.74, 6) is -0.141. The lowest BCUT2D eigenvalue weighted by atomic mass is 10.2. The van der Waals surface area contributed by atoms with E-state index in [0.29, 0.717) is 0 Å². The van der Waals surface area contributed by atoms with Crippen LogP contribution in [0.5, 0.6) is 5.75 Å². The molecule has 41 heavy (non-hydrogen) atoms. The molecule has 0 aliphatic heterocycles. The zero-order valence-corrected chi connectivity index (χ0v) is 24.2. The minimum atomic E-state index is -4.35. The van der Waals surface area contributed by atoms with Crippen molar-refractivity contribution in [3.8, 4) is 5.75 Å².